The molecule has 0 aliphatic heterocycles. The lowest BCUT2D eigenvalue weighted by atomic mass is 10.1. The van der Waals surface area contributed by atoms with E-state index in [0.29, 0.717) is 5.56 Å². The summed E-state index contributed by atoms with van der Waals surface area (Å²) in [5.74, 6) is -1.03. The molecule has 0 aromatic heterocycles. The van der Waals surface area contributed by atoms with Crippen LogP contribution in [-0.2, 0) is 12.7 Å². The molecule has 4 nitrogen and oxygen atoms in total. The van der Waals surface area contributed by atoms with Crippen molar-refractivity contribution < 1.29 is 23.1 Å². The Morgan fingerprint density at radius 2 is 1.77 bits per heavy atom. The van der Waals surface area contributed by atoms with Gasteiger partial charge in [-0.3, -0.25) is 0 Å². The number of nitrogens with zero attached hydrogens (tertiary/aromatic N) is 2. The van der Waals surface area contributed by atoms with Gasteiger partial charge in [-0.2, -0.15) is 23.4 Å². The predicted molar refractivity (Wildman–Crippen MR) is 73.1 cm³/mol. The SMILES string of the molecule is O=C(O)c1ccc(CN=Nc2cccc(C(F)(F)F)c2)cc1. The smallest absolute Gasteiger partial charge is 0.416 e. The Morgan fingerprint density at radius 1 is 1.09 bits per heavy atom. The molecule has 114 valence electrons. The summed E-state index contributed by atoms with van der Waals surface area (Å²) in [7, 11) is 0. The van der Waals surface area contributed by atoms with Crippen LogP contribution in [0.4, 0.5) is 18.9 Å². The fraction of sp³-hybridized carbons (Fsp3) is 0.133. The Balaban J connectivity index is 2.05. The molecule has 0 fully saturated rings. The highest BCUT2D eigenvalue weighted by Crippen LogP contribution is 2.31. The van der Waals surface area contributed by atoms with Crippen LogP contribution >= 0.6 is 0 Å². The van der Waals surface area contributed by atoms with Gasteiger partial charge in [-0.1, -0.05) is 18.2 Å². The fourth-order valence-electron chi connectivity index (χ4n) is 1.70. The Morgan fingerprint density at radius 3 is 2.36 bits per heavy atom. The molecule has 2 aromatic carbocycles. The number of carboxylic acids is 1. The van der Waals surface area contributed by atoms with Gasteiger partial charge in [-0.05, 0) is 35.9 Å². The topological polar surface area (TPSA) is 62.0 Å². The summed E-state index contributed by atoms with van der Waals surface area (Å²) in [4.78, 5) is 10.7. The van der Waals surface area contributed by atoms with Gasteiger partial charge in [-0.25, -0.2) is 4.79 Å². The molecule has 0 aliphatic rings. The number of carboxylic acid groups (broad SMARTS) is 1. The molecule has 0 spiro atoms. The Labute approximate surface area is 123 Å². The normalized spacial score (nSPS) is 11.8. The molecule has 2 aromatic rings. The molecule has 0 unspecified atom stereocenters. The minimum Gasteiger partial charge on any atom is -0.478 e. The number of benzene rings is 2. The van der Waals surface area contributed by atoms with Crippen molar-refractivity contribution in [3.8, 4) is 0 Å². The van der Waals surface area contributed by atoms with E-state index < -0.39 is 17.7 Å². The van der Waals surface area contributed by atoms with Gasteiger partial charge in [0, 0.05) is 0 Å². The summed E-state index contributed by atoms with van der Waals surface area (Å²) in [6.07, 6.45) is -4.42. The summed E-state index contributed by atoms with van der Waals surface area (Å²) < 4.78 is 37.6. The third-order valence-electron chi connectivity index (χ3n) is 2.81. The number of carbonyl (C=O) groups is 1. The highest BCUT2D eigenvalue weighted by molar-refractivity contribution is 5.87. The van der Waals surface area contributed by atoms with Crippen LogP contribution in [0.5, 0.6) is 0 Å². The molecule has 0 saturated heterocycles. The van der Waals surface area contributed by atoms with Crippen LogP contribution in [0, 0.1) is 0 Å². The molecular weight excluding hydrogens is 297 g/mol. The van der Waals surface area contributed by atoms with Gasteiger partial charge in [-0.15, -0.1) is 0 Å². The number of azo groups is 1. The molecular formula is C15H11F3N2O2. The lowest BCUT2D eigenvalue weighted by Gasteiger charge is -2.05. The average Bonchev–Trinajstić information content (AvgIpc) is 2.47. The number of hydrogen-bond donors (Lipinski definition) is 1. The van der Waals surface area contributed by atoms with Gasteiger partial charge in [0.25, 0.3) is 0 Å². The number of halogens is 3. The van der Waals surface area contributed by atoms with E-state index in [9.17, 15) is 18.0 Å². The van der Waals surface area contributed by atoms with Crippen LogP contribution in [0.3, 0.4) is 0 Å². The van der Waals surface area contributed by atoms with Crippen molar-refractivity contribution in [2.45, 2.75) is 12.7 Å². The molecule has 22 heavy (non-hydrogen) atoms. The molecule has 0 heterocycles. The maximum atomic E-state index is 12.5. The van der Waals surface area contributed by atoms with Gasteiger partial charge in [0.05, 0.1) is 23.4 Å². The second-order valence-electron chi connectivity index (χ2n) is 4.45. The molecule has 0 radical (unpaired) electrons. The largest absolute Gasteiger partial charge is 0.478 e. The van der Waals surface area contributed by atoms with E-state index in [0.717, 1.165) is 12.1 Å². The zero-order valence-corrected chi connectivity index (χ0v) is 11.2. The van der Waals surface area contributed by atoms with Crippen LogP contribution in [0.2, 0.25) is 0 Å². The summed E-state index contributed by atoms with van der Waals surface area (Å²) in [5.41, 5.74) is 0.186. The minimum absolute atomic E-state index is 0.108. The van der Waals surface area contributed by atoms with Gasteiger partial charge >= 0.3 is 12.1 Å². The highest BCUT2D eigenvalue weighted by Gasteiger charge is 2.30. The number of rotatable bonds is 4. The summed E-state index contributed by atoms with van der Waals surface area (Å²) in [5, 5.41) is 16.3. The second-order valence-corrected chi connectivity index (χ2v) is 4.45. The van der Waals surface area contributed by atoms with E-state index in [-0.39, 0.29) is 17.8 Å². The maximum absolute atomic E-state index is 12.5. The molecule has 0 atom stereocenters. The van der Waals surface area contributed by atoms with Crippen LogP contribution in [-0.4, -0.2) is 11.1 Å². The molecule has 7 heteroatoms. The van der Waals surface area contributed by atoms with E-state index in [1.165, 1.54) is 24.3 Å². The van der Waals surface area contributed by atoms with Gasteiger partial charge in [0.15, 0.2) is 0 Å². The molecule has 0 aliphatic carbocycles. The molecule has 1 N–H and O–H groups in total. The Bertz CT molecular complexity index is 695. The van der Waals surface area contributed by atoms with Crippen molar-refractivity contribution in [1.29, 1.82) is 0 Å². The average molecular weight is 308 g/mol. The standard InChI is InChI=1S/C15H11F3N2O2/c16-15(17,18)12-2-1-3-13(8-12)20-19-9-10-4-6-11(7-5-10)14(21)22/h1-8H,9H2,(H,21,22). The molecule has 0 amide bonds. The van der Waals surface area contributed by atoms with E-state index in [1.54, 1.807) is 12.1 Å². The predicted octanol–water partition coefficient (Wildman–Crippen LogP) is 4.69. The Hall–Kier alpha value is -2.70. The van der Waals surface area contributed by atoms with E-state index in [1.807, 2.05) is 0 Å². The third-order valence-corrected chi connectivity index (χ3v) is 2.81. The summed E-state index contributed by atoms with van der Waals surface area (Å²) >= 11 is 0. The van der Waals surface area contributed by atoms with Gasteiger partial charge in [0.2, 0.25) is 0 Å². The first-order chi connectivity index (χ1) is 10.4. The van der Waals surface area contributed by atoms with Crippen molar-refractivity contribution in [3.05, 3.63) is 65.2 Å². The summed E-state index contributed by atoms with van der Waals surface area (Å²) in [6, 6.07) is 10.6. The van der Waals surface area contributed by atoms with Crippen LogP contribution in [0.15, 0.2) is 58.8 Å². The molecule has 2 rings (SSSR count). The lowest BCUT2D eigenvalue weighted by Crippen LogP contribution is -2.03. The van der Waals surface area contributed by atoms with Crippen LogP contribution in [0.1, 0.15) is 21.5 Å². The van der Waals surface area contributed by atoms with Crippen molar-refractivity contribution >= 4 is 11.7 Å². The van der Waals surface area contributed by atoms with Crippen LogP contribution in [0.25, 0.3) is 0 Å². The zero-order valence-electron chi connectivity index (χ0n) is 11.2. The third kappa shape index (κ3) is 4.15. The quantitative estimate of drug-likeness (QED) is 0.833. The first-order valence-electron chi connectivity index (χ1n) is 6.23. The minimum atomic E-state index is -4.42. The van der Waals surface area contributed by atoms with E-state index in [2.05, 4.69) is 10.2 Å². The molecule has 0 bridgehead atoms. The second kappa shape index (κ2) is 6.38. The first-order valence-corrected chi connectivity index (χ1v) is 6.23. The van der Waals surface area contributed by atoms with Gasteiger partial charge < -0.3 is 5.11 Å². The van der Waals surface area contributed by atoms with E-state index >= 15 is 0 Å². The Kier molecular flexibility index (Phi) is 4.55. The highest BCUT2D eigenvalue weighted by atomic mass is 19.4. The fourth-order valence-corrected chi connectivity index (χ4v) is 1.70. The first kappa shape index (κ1) is 15.7. The monoisotopic (exact) mass is 308 g/mol. The van der Waals surface area contributed by atoms with Crippen molar-refractivity contribution in [3.63, 3.8) is 0 Å². The van der Waals surface area contributed by atoms with Crippen LogP contribution < -0.4 is 0 Å². The maximum Gasteiger partial charge on any atom is 0.416 e. The molecule has 0 saturated carbocycles. The zero-order chi connectivity index (χ0) is 16.2. The number of alkyl halides is 3. The van der Waals surface area contributed by atoms with Gasteiger partial charge in [0.1, 0.15) is 0 Å². The van der Waals surface area contributed by atoms with Crippen molar-refractivity contribution in [2.24, 2.45) is 10.2 Å². The van der Waals surface area contributed by atoms with Crippen molar-refractivity contribution in [1.82, 2.24) is 0 Å². The number of hydrogen-bond acceptors (Lipinski definition) is 3. The lowest BCUT2D eigenvalue weighted by molar-refractivity contribution is -0.137. The van der Waals surface area contributed by atoms with E-state index in [4.69, 9.17) is 5.11 Å². The summed E-state index contributed by atoms with van der Waals surface area (Å²) in [6.45, 7) is 0.149. The van der Waals surface area contributed by atoms with Crippen molar-refractivity contribution in [2.75, 3.05) is 0 Å². The number of aromatic carboxylic acids is 1.